The van der Waals surface area contributed by atoms with E-state index in [9.17, 15) is 18.0 Å². The van der Waals surface area contributed by atoms with Crippen LogP contribution in [0, 0.1) is 34.6 Å². The van der Waals surface area contributed by atoms with Crippen LogP contribution in [0.2, 0.25) is 0 Å². The molecule has 0 saturated carbocycles. The lowest BCUT2D eigenvalue weighted by Gasteiger charge is -2.22. The van der Waals surface area contributed by atoms with E-state index in [4.69, 9.17) is 5.11 Å². The molecule has 8 heteroatoms. The van der Waals surface area contributed by atoms with Gasteiger partial charge in [-0.05, 0) is 75.3 Å². The molecule has 7 nitrogen and oxygen atoms in total. The molecule has 0 spiro atoms. The summed E-state index contributed by atoms with van der Waals surface area (Å²) >= 11 is 0. The molecule has 0 radical (unpaired) electrons. The molecule has 2 rings (SSSR count). The van der Waals surface area contributed by atoms with E-state index >= 15 is 0 Å². The Morgan fingerprint density at radius 1 is 1.04 bits per heavy atom. The summed E-state index contributed by atoms with van der Waals surface area (Å²) in [5.74, 6) is -1.36. The van der Waals surface area contributed by atoms with Crippen molar-refractivity contribution in [3.05, 3.63) is 27.8 Å². The zero-order chi connectivity index (χ0) is 20.5. The maximum atomic E-state index is 12.8. The molecular formula is C19H28N2O5S. The van der Waals surface area contributed by atoms with Gasteiger partial charge >= 0.3 is 5.97 Å². The van der Waals surface area contributed by atoms with E-state index in [0.717, 1.165) is 16.7 Å². The van der Waals surface area contributed by atoms with Crippen molar-refractivity contribution in [2.24, 2.45) is 0 Å². The number of aliphatic carboxylic acids is 1. The largest absolute Gasteiger partial charge is 0.480 e. The quantitative estimate of drug-likeness (QED) is 0.765. The van der Waals surface area contributed by atoms with E-state index in [2.05, 4.69) is 4.72 Å². The van der Waals surface area contributed by atoms with Crippen molar-refractivity contribution in [2.75, 3.05) is 13.1 Å². The molecule has 1 aliphatic heterocycles. The first-order chi connectivity index (χ1) is 12.5. The third-order valence-electron chi connectivity index (χ3n) is 5.69. The summed E-state index contributed by atoms with van der Waals surface area (Å²) in [4.78, 5) is 25.1. The molecule has 150 valence electrons. The van der Waals surface area contributed by atoms with Crippen molar-refractivity contribution < 1.29 is 23.1 Å². The van der Waals surface area contributed by atoms with Crippen molar-refractivity contribution in [2.45, 2.75) is 64.8 Å². The Morgan fingerprint density at radius 2 is 1.56 bits per heavy atom. The van der Waals surface area contributed by atoms with Gasteiger partial charge in [-0.3, -0.25) is 4.79 Å². The van der Waals surface area contributed by atoms with Crippen molar-refractivity contribution in [3.8, 4) is 0 Å². The standard InChI is InChI=1S/C19H28N2O5S/c1-11-12(2)14(4)18(15(5)13(11)3)27(25,26)20-9-8-17(22)21-10-6-7-16(21)19(23)24/h16,20H,6-10H2,1-5H3,(H,23,24)/t16-/m0/s1. The second-order valence-electron chi connectivity index (χ2n) is 7.19. The van der Waals surface area contributed by atoms with Gasteiger partial charge in [-0.15, -0.1) is 0 Å². The van der Waals surface area contributed by atoms with Crippen LogP contribution in [0.5, 0.6) is 0 Å². The summed E-state index contributed by atoms with van der Waals surface area (Å²) in [5.41, 5.74) is 4.37. The Balaban J connectivity index is 2.12. The minimum Gasteiger partial charge on any atom is -0.480 e. The molecular weight excluding hydrogens is 368 g/mol. The van der Waals surface area contributed by atoms with Gasteiger partial charge in [0.25, 0.3) is 0 Å². The highest BCUT2D eigenvalue weighted by molar-refractivity contribution is 7.89. The first-order valence-electron chi connectivity index (χ1n) is 9.08. The minimum absolute atomic E-state index is 0.0607. The molecule has 1 atom stereocenters. The van der Waals surface area contributed by atoms with Crippen molar-refractivity contribution in [1.29, 1.82) is 0 Å². The number of rotatable bonds is 6. The van der Waals surface area contributed by atoms with Crippen LogP contribution < -0.4 is 4.72 Å². The van der Waals surface area contributed by atoms with Crippen LogP contribution in [0.3, 0.4) is 0 Å². The second-order valence-corrected chi connectivity index (χ2v) is 8.89. The molecule has 0 aliphatic carbocycles. The summed E-state index contributed by atoms with van der Waals surface area (Å²) in [6, 6.07) is -0.805. The topological polar surface area (TPSA) is 104 Å². The number of benzene rings is 1. The average molecular weight is 397 g/mol. The smallest absolute Gasteiger partial charge is 0.326 e. The molecule has 2 N–H and O–H groups in total. The number of likely N-dealkylation sites (tertiary alicyclic amines) is 1. The van der Waals surface area contributed by atoms with Gasteiger partial charge in [-0.25, -0.2) is 17.9 Å². The molecule has 1 aromatic rings. The monoisotopic (exact) mass is 396 g/mol. The molecule has 1 aliphatic rings. The molecule has 1 saturated heterocycles. The van der Waals surface area contributed by atoms with Crippen LogP contribution in [-0.4, -0.2) is 49.4 Å². The van der Waals surface area contributed by atoms with Crippen LogP contribution in [0.25, 0.3) is 0 Å². The maximum absolute atomic E-state index is 12.8. The van der Waals surface area contributed by atoms with E-state index < -0.39 is 22.0 Å². The van der Waals surface area contributed by atoms with Gasteiger partial charge in [-0.2, -0.15) is 0 Å². The van der Waals surface area contributed by atoms with Gasteiger partial charge < -0.3 is 10.0 Å². The normalized spacial score (nSPS) is 17.4. The Kier molecular flexibility index (Phi) is 6.32. The molecule has 1 fully saturated rings. The van der Waals surface area contributed by atoms with Crippen LogP contribution in [0.1, 0.15) is 47.1 Å². The number of hydrogen-bond acceptors (Lipinski definition) is 4. The van der Waals surface area contributed by atoms with E-state index in [1.165, 1.54) is 4.90 Å². The number of nitrogens with one attached hydrogen (secondary N) is 1. The fourth-order valence-electron chi connectivity index (χ4n) is 3.70. The molecule has 0 bridgehead atoms. The van der Waals surface area contributed by atoms with E-state index in [1.807, 2.05) is 20.8 Å². The highest BCUT2D eigenvalue weighted by atomic mass is 32.2. The minimum atomic E-state index is -3.77. The SMILES string of the molecule is Cc1c(C)c(C)c(S(=O)(=O)NCCC(=O)N2CCC[C@H]2C(=O)O)c(C)c1C. The van der Waals surface area contributed by atoms with Gasteiger partial charge in [0.2, 0.25) is 15.9 Å². The first kappa shape index (κ1) is 21.4. The van der Waals surface area contributed by atoms with E-state index in [-0.39, 0.29) is 23.8 Å². The highest BCUT2D eigenvalue weighted by Gasteiger charge is 2.33. The lowest BCUT2D eigenvalue weighted by molar-refractivity contribution is -0.148. The molecule has 27 heavy (non-hydrogen) atoms. The average Bonchev–Trinajstić information content (AvgIpc) is 3.08. The fourth-order valence-corrected chi connectivity index (χ4v) is 5.33. The van der Waals surface area contributed by atoms with Crippen LogP contribution in [0.15, 0.2) is 4.90 Å². The Bertz CT molecular complexity index is 848. The van der Waals surface area contributed by atoms with Crippen molar-refractivity contribution in [1.82, 2.24) is 9.62 Å². The Hall–Kier alpha value is -1.93. The predicted molar refractivity (Wildman–Crippen MR) is 102 cm³/mol. The number of amides is 1. The zero-order valence-electron chi connectivity index (χ0n) is 16.5. The van der Waals surface area contributed by atoms with Crippen molar-refractivity contribution >= 4 is 21.9 Å². The summed E-state index contributed by atoms with van der Waals surface area (Å²) in [6.45, 7) is 9.69. The summed E-state index contributed by atoms with van der Waals surface area (Å²) in [6.07, 6.45) is 1.02. The second kappa shape index (κ2) is 7.98. The maximum Gasteiger partial charge on any atom is 0.326 e. The predicted octanol–water partition coefficient (Wildman–Crippen LogP) is 1.97. The number of carbonyl (C=O) groups excluding carboxylic acids is 1. The third kappa shape index (κ3) is 4.16. The summed E-state index contributed by atoms with van der Waals surface area (Å²) in [7, 11) is -3.77. The molecule has 1 heterocycles. The summed E-state index contributed by atoms with van der Waals surface area (Å²) < 4.78 is 28.2. The van der Waals surface area contributed by atoms with Gasteiger partial charge in [0.1, 0.15) is 6.04 Å². The first-order valence-corrected chi connectivity index (χ1v) is 10.6. The van der Waals surface area contributed by atoms with Crippen LogP contribution in [0.4, 0.5) is 0 Å². The van der Waals surface area contributed by atoms with E-state index in [0.29, 0.717) is 30.5 Å². The number of carbonyl (C=O) groups is 2. The number of sulfonamides is 1. The van der Waals surface area contributed by atoms with Crippen molar-refractivity contribution in [3.63, 3.8) is 0 Å². The van der Waals surface area contributed by atoms with Crippen LogP contribution in [-0.2, 0) is 19.6 Å². The molecule has 1 amide bonds. The van der Waals surface area contributed by atoms with Crippen LogP contribution >= 0.6 is 0 Å². The highest BCUT2D eigenvalue weighted by Crippen LogP contribution is 2.29. The van der Waals surface area contributed by atoms with E-state index in [1.54, 1.807) is 13.8 Å². The van der Waals surface area contributed by atoms with Gasteiger partial charge in [0.15, 0.2) is 0 Å². The lowest BCUT2D eigenvalue weighted by Crippen LogP contribution is -2.41. The summed E-state index contributed by atoms with van der Waals surface area (Å²) in [5, 5.41) is 9.17. The number of hydrogen-bond donors (Lipinski definition) is 2. The number of carboxylic acids is 1. The zero-order valence-corrected chi connectivity index (χ0v) is 17.4. The third-order valence-corrected chi connectivity index (χ3v) is 7.42. The lowest BCUT2D eigenvalue weighted by atomic mass is 9.95. The van der Waals surface area contributed by atoms with Gasteiger partial charge in [-0.1, -0.05) is 0 Å². The van der Waals surface area contributed by atoms with Gasteiger partial charge in [0, 0.05) is 19.5 Å². The molecule has 0 aromatic heterocycles. The number of carboxylic acid groups (broad SMARTS) is 1. The molecule has 0 unspecified atom stereocenters. The molecule has 1 aromatic carbocycles. The van der Waals surface area contributed by atoms with Gasteiger partial charge in [0.05, 0.1) is 4.90 Å². The Labute approximate surface area is 160 Å². The Morgan fingerprint density at radius 3 is 2.07 bits per heavy atom. The fraction of sp³-hybridized carbons (Fsp3) is 0.579. The number of nitrogens with zero attached hydrogens (tertiary/aromatic N) is 1.